The van der Waals surface area contributed by atoms with Crippen LogP contribution >= 0.6 is 15.9 Å². The molecule has 18 heavy (non-hydrogen) atoms. The summed E-state index contributed by atoms with van der Waals surface area (Å²) in [7, 11) is 0. The van der Waals surface area contributed by atoms with Crippen LogP contribution in [-0.2, 0) is 12.4 Å². The van der Waals surface area contributed by atoms with Crippen LogP contribution in [0.1, 0.15) is 21.5 Å². The molecule has 2 nitrogen and oxygen atoms in total. The molecule has 0 aliphatic rings. The number of amides is 1. The van der Waals surface area contributed by atoms with E-state index in [1.807, 2.05) is 0 Å². The second-order valence-electron chi connectivity index (χ2n) is 3.24. The van der Waals surface area contributed by atoms with Crippen LogP contribution in [0.5, 0.6) is 0 Å². The Morgan fingerprint density at radius 1 is 1.06 bits per heavy atom. The number of primary amides is 1. The quantitative estimate of drug-likeness (QED) is 0.783. The first-order valence-electron chi connectivity index (χ1n) is 4.22. The molecule has 1 aromatic rings. The average Bonchev–Trinajstić information content (AvgIpc) is 2.12. The van der Waals surface area contributed by atoms with Gasteiger partial charge in [-0.3, -0.25) is 4.79 Å². The predicted octanol–water partition coefficient (Wildman–Crippen LogP) is 3.59. The van der Waals surface area contributed by atoms with E-state index in [0.717, 1.165) is 0 Å². The lowest BCUT2D eigenvalue weighted by Gasteiger charge is -2.15. The highest BCUT2D eigenvalue weighted by atomic mass is 79.9. The van der Waals surface area contributed by atoms with E-state index in [4.69, 9.17) is 5.73 Å². The molecule has 0 fully saturated rings. The zero-order chi connectivity index (χ0) is 14.3. The first kappa shape index (κ1) is 14.8. The third-order valence-electron chi connectivity index (χ3n) is 1.97. The molecular formula is C9H4BrF6NO. The molecule has 1 rings (SSSR count). The van der Waals surface area contributed by atoms with Crippen molar-refractivity contribution in [3.8, 4) is 0 Å². The van der Waals surface area contributed by atoms with Crippen molar-refractivity contribution >= 4 is 21.8 Å². The van der Waals surface area contributed by atoms with Crippen molar-refractivity contribution in [3.05, 3.63) is 33.3 Å². The molecule has 1 aromatic carbocycles. The van der Waals surface area contributed by atoms with Gasteiger partial charge in [-0.05, 0) is 28.1 Å². The highest BCUT2D eigenvalue weighted by molar-refractivity contribution is 9.10. The third-order valence-corrected chi connectivity index (χ3v) is 2.59. The van der Waals surface area contributed by atoms with E-state index in [9.17, 15) is 31.1 Å². The summed E-state index contributed by atoms with van der Waals surface area (Å²) >= 11 is 2.48. The minimum atomic E-state index is -5.12. The Bertz CT molecular complexity index is 493. The van der Waals surface area contributed by atoms with E-state index in [-0.39, 0.29) is 6.07 Å². The Hall–Kier alpha value is -1.25. The van der Waals surface area contributed by atoms with Gasteiger partial charge in [0.25, 0.3) is 0 Å². The highest BCUT2D eigenvalue weighted by Gasteiger charge is 2.40. The lowest BCUT2D eigenvalue weighted by atomic mass is 10.0. The van der Waals surface area contributed by atoms with E-state index in [1.165, 1.54) is 0 Å². The normalized spacial score (nSPS) is 12.6. The molecule has 0 atom stereocenters. The van der Waals surface area contributed by atoms with Crippen molar-refractivity contribution < 1.29 is 31.1 Å². The van der Waals surface area contributed by atoms with Crippen molar-refractivity contribution in [2.75, 3.05) is 0 Å². The molecule has 0 spiro atoms. The average molecular weight is 336 g/mol. The zero-order valence-electron chi connectivity index (χ0n) is 8.29. The fourth-order valence-corrected chi connectivity index (χ4v) is 1.90. The molecule has 1 amide bonds. The summed E-state index contributed by atoms with van der Waals surface area (Å²) < 4.78 is 74.1. The monoisotopic (exact) mass is 335 g/mol. The summed E-state index contributed by atoms with van der Waals surface area (Å²) in [4.78, 5) is 10.9. The Morgan fingerprint density at radius 2 is 1.56 bits per heavy atom. The zero-order valence-corrected chi connectivity index (χ0v) is 9.87. The number of rotatable bonds is 1. The number of halogens is 7. The summed E-state index contributed by atoms with van der Waals surface area (Å²) in [5, 5.41) is 0. The molecule has 9 heteroatoms. The van der Waals surface area contributed by atoms with Crippen LogP contribution in [-0.4, -0.2) is 5.91 Å². The van der Waals surface area contributed by atoms with Crippen molar-refractivity contribution in [1.82, 2.24) is 0 Å². The van der Waals surface area contributed by atoms with Crippen LogP contribution in [0.4, 0.5) is 26.3 Å². The lowest BCUT2D eigenvalue weighted by molar-refractivity contribution is -0.143. The molecule has 0 heterocycles. The fraction of sp³-hybridized carbons (Fsp3) is 0.222. The number of alkyl halides is 6. The van der Waals surface area contributed by atoms with E-state index in [0.29, 0.717) is 6.07 Å². The largest absolute Gasteiger partial charge is 0.417 e. The van der Waals surface area contributed by atoms with Gasteiger partial charge in [-0.25, -0.2) is 0 Å². The van der Waals surface area contributed by atoms with E-state index in [2.05, 4.69) is 15.9 Å². The summed E-state index contributed by atoms with van der Waals surface area (Å²) in [5.74, 6) is -1.47. The number of carbonyl (C=O) groups excluding carboxylic acids is 1. The molecule has 100 valence electrons. The molecule has 0 aliphatic heterocycles. The molecule has 0 radical (unpaired) electrons. The van der Waals surface area contributed by atoms with Gasteiger partial charge in [0.05, 0.1) is 16.7 Å². The van der Waals surface area contributed by atoms with Crippen LogP contribution in [0.25, 0.3) is 0 Å². The molecule has 2 N–H and O–H groups in total. The molecule has 0 unspecified atom stereocenters. The number of nitrogens with two attached hydrogens (primary N) is 1. The van der Waals surface area contributed by atoms with Crippen molar-refractivity contribution in [2.45, 2.75) is 12.4 Å². The fourth-order valence-electron chi connectivity index (χ4n) is 1.24. The van der Waals surface area contributed by atoms with Crippen molar-refractivity contribution in [2.24, 2.45) is 5.73 Å². The number of hydrogen-bond acceptors (Lipinski definition) is 1. The highest BCUT2D eigenvalue weighted by Crippen LogP contribution is 2.40. The Morgan fingerprint density at radius 3 is 1.89 bits per heavy atom. The topological polar surface area (TPSA) is 43.1 Å². The first-order chi connectivity index (χ1) is 7.94. The summed E-state index contributed by atoms with van der Waals surface area (Å²) in [5.41, 5.74) is 0.442. The van der Waals surface area contributed by atoms with Gasteiger partial charge in [0, 0.05) is 4.47 Å². The third kappa shape index (κ3) is 2.95. The predicted molar refractivity (Wildman–Crippen MR) is 52.7 cm³/mol. The van der Waals surface area contributed by atoms with Gasteiger partial charge in [-0.2, -0.15) is 26.3 Å². The molecule has 0 aliphatic carbocycles. The van der Waals surface area contributed by atoms with Gasteiger partial charge in [0.1, 0.15) is 0 Å². The van der Waals surface area contributed by atoms with E-state index >= 15 is 0 Å². The maximum atomic E-state index is 12.6. The van der Waals surface area contributed by atoms with Crippen LogP contribution in [0.15, 0.2) is 16.6 Å². The van der Waals surface area contributed by atoms with Crippen LogP contribution in [0.2, 0.25) is 0 Å². The van der Waals surface area contributed by atoms with Gasteiger partial charge in [0.2, 0.25) is 5.91 Å². The van der Waals surface area contributed by atoms with Crippen molar-refractivity contribution in [3.63, 3.8) is 0 Å². The van der Waals surface area contributed by atoms with Crippen LogP contribution in [0.3, 0.4) is 0 Å². The lowest BCUT2D eigenvalue weighted by Crippen LogP contribution is -2.21. The second kappa shape index (κ2) is 4.45. The number of benzene rings is 1. The summed E-state index contributed by atoms with van der Waals surface area (Å²) in [6.07, 6.45) is -10.1. The Labute approximate surface area is 105 Å². The van der Waals surface area contributed by atoms with Crippen LogP contribution < -0.4 is 5.73 Å². The maximum Gasteiger partial charge on any atom is 0.417 e. The van der Waals surface area contributed by atoms with E-state index < -0.39 is 39.4 Å². The molecule has 0 saturated heterocycles. The Kier molecular flexibility index (Phi) is 3.66. The number of carbonyl (C=O) groups is 1. The minimum Gasteiger partial charge on any atom is -0.366 e. The van der Waals surface area contributed by atoms with E-state index in [1.54, 1.807) is 0 Å². The smallest absolute Gasteiger partial charge is 0.366 e. The van der Waals surface area contributed by atoms with Crippen molar-refractivity contribution in [1.29, 1.82) is 0 Å². The minimum absolute atomic E-state index is 0.148. The van der Waals surface area contributed by atoms with Gasteiger partial charge >= 0.3 is 12.4 Å². The van der Waals surface area contributed by atoms with Gasteiger partial charge in [-0.1, -0.05) is 0 Å². The van der Waals surface area contributed by atoms with Gasteiger partial charge in [-0.15, -0.1) is 0 Å². The summed E-state index contributed by atoms with van der Waals surface area (Å²) in [6.45, 7) is 0. The number of hydrogen-bond donors (Lipinski definition) is 1. The van der Waals surface area contributed by atoms with Gasteiger partial charge in [0.15, 0.2) is 0 Å². The first-order valence-corrected chi connectivity index (χ1v) is 5.01. The SMILES string of the molecule is NC(=O)c1c(Br)cc(C(F)(F)F)cc1C(F)(F)F. The molecule has 0 aromatic heterocycles. The second-order valence-corrected chi connectivity index (χ2v) is 4.09. The molecule has 0 bridgehead atoms. The van der Waals surface area contributed by atoms with Crippen LogP contribution in [0, 0.1) is 0 Å². The Balaban J connectivity index is 3.64. The summed E-state index contributed by atoms with van der Waals surface area (Å²) in [6, 6.07) is 0.222. The molecular weight excluding hydrogens is 332 g/mol. The maximum absolute atomic E-state index is 12.6. The molecule has 0 saturated carbocycles. The van der Waals surface area contributed by atoms with Gasteiger partial charge < -0.3 is 5.73 Å². The standard InChI is InChI=1S/C9H4BrF6NO/c10-5-2-3(8(11,12)13)1-4(9(14,15)16)6(5)7(17)18/h1-2H,(H2,17,18).